The summed E-state index contributed by atoms with van der Waals surface area (Å²) >= 11 is 11.4. The monoisotopic (exact) mass is 219 g/mol. The standard InChI is InChI=1S/C9H11Cl2NO/c1-13-6-7-4-2-3-5-8(7)9(10)12-11/h2-5,9,12H,6H2,1H3. The molecule has 1 unspecified atom stereocenters. The quantitative estimate of drug-likeness (QED) is 0.478. The van der Waals surface area contributed by atoms with E-state index in [0.29, 0.717) is 6.61 Å². The van der Waals surface area contributed by atoms with Crippen LogP contribution in [-0.2, 0) is 11.3 Å². The molecule has 1 atom stereocenters. The molecule has 0 bridgehead atoms. The Bertz CT molecular complexity index is 268. The van der Waals surface area contributed by atoms with Gasteiger partial charge >= 0.3 is 0 Å². The first kappa shape index (κ1) is 10.8. The Labute approximate surface area is 87.9 Å². The van der Waals surface area contributed by atoms with Crippen LogP contribution in [0.5, 0.6) is 0 Å². The van der Waals surface area contributed by atoms with Crippen LogP contribution in [-0.4, -0.2) is 7.11 Å². The van der Waals surface area contributed by atoms with E-state index in [2.05, 4.69) is 4.84 Å². The number of ether oxygens (including phenoxy) is 1. The summed E-state index contributed by atoms with van der Waals surface area (Å²) in [5.74, 6) is 0. The van der Waals surface area contributed by atoms with Crippen molar-refractivity contribution in [3.8, 4) is 0 Å². The number of methoxy groups -OCH3 is 1. The Morgan fingerprint density at radius 3 is 2.77 bits per heavy atom. The molecular weight excluding hydrogens is 209 g/mol. The minimum absolute atomic E-state index is 0.381. The molecule has 1 N–H and O–H groups in total. The molecule has 0 radical (unpaired) electrons. The van der Waals surface area contributed by atoms with Gasteiger partial charge in [0, 0.05) is 7.11 Å². The van der Waals surface area contributed by atoms with Crippen LogP contribution in [0, 0.1) is 0 Å². The molecule has 0 saturated carbocycles. The number of hydrogen-bond donors (Lipinski definition) is 1. The molecule has 0 fully saturated rings. The first-order valence-corrected chi connectivity index (χ1v) is 4.68. The number of nitrogens with one attached hydrogen (secondary N) is 1. The van der Waals surface area contributed by atoms with E-state index in [-0.39, 0.29) is 5.50 Å². The lowest BCUT2D eigenvalue weighted by Crippen LogP contribution is -2.07. The molecule has 2 nitrogen and oxygen atoms in total. The summed E-state index contributed by atoms with van der Waals surface area (Å²) < 4.78 is 5.03. The maximum atomic E-state index is 5.93. The van der Waals surface area contributed by atoms with Gasteiger partial charge in [-0.05, 0) is 22.9 Å². The highest BCUT2D eigenvalue weighted by Gasteiger charge is 2.09. The third kappa shape index (κ3) is 2.85. The predicted octanol–water partition coefficient (Wildman–Crippen LogP) is 2.81. The van der Waals surface area contributed by atoms with E-state index in [1.807, 2.05) is 24.3 Å². The highest BCUT2D eigenvalue weighted by Crippen LogP contribution is 2.22. The summed E-state index contributed by atoms with van der Waals surface area (Å²) in [5, 5.41) is 0. The summed E-state index contributed by atoms with van der Waals surface area (Å²) in [6, 6.07) is 7.73. The van der Waals surface area contributed by atoms with Crippen molar-refractivity contribution in [2.45, 2.75) is 12.1 Å². The molecule has 0 spiro atoms. The van der Waals surface area contributed by atoms with Gasteiger partial charge in [0.1, 0.15) is 5.50 Å². The van der Waals surface area contributed by atoms with E-state index < -0.39 is 0 Å². The van der Waals surface area contributed by atoms with Crippen molar-refractivity contribution in [2.24, 2.45) is 0 Å². The summed E-state index contributed by atoms with van der Waals surface area (Å²) in [4.78, 5) is 2.46. The first-order valence-electron chi connectivity index (χ1n) is 3.86. The molecular formula is C9H11Cl2NO. The number of hydrogen-bond acceptors (Lipinski definition) is 2. The molecule has 0 aliphatic rings. The van der Waals surface area contributed by atoms with E-state index >= 15 is 0 Å². The van der Waals surface area contributed by atoms with E-state index in [9.17, 15) is 0 Å². The summed E-state index contributed by atoms with van der Waals surface area (Å²) in [6.45, 7) is 0.540. The molecule has 0 aliphatic heterocycles. The van der Waals surface area contributed by atoms with Crippen LogP contribution in [0.15, 0.2) is 24.3 Å². The van der Waals surface area contributed by atoms with Gasteiger partial charge in [0.25, 0.3) is 0 Å². The Balaban J connectivity index is 2.90. The first-order chi connectivity index (χ1) is 6.29. The molecule has 0 heterocycles. The fraction of sp³-hybridized carbons (Fsp3) is 0.333. The second-order valence-electron chi connectivity index (χ2n) is 2.60. The lowest BCUT2D eigenvalue weighted by atomic mass is 10.1. The number of rotatable bonds is 4. The zero-order valence-electron chi connectivity index (χ0n) is 7.26. The van der Waals surface area contributed by atoms with Crippen molar-refractivity contribution in [3.63, 3.8) is 0 Å². The topological polar surface area (TPSA) is 21.3 Å². The molecule has 1 aromatic rings. The van der Waals surface area contributed by atoms with Gasteiger partial charge < -0.3 is 4.74 Å². The fourth-order valence-corrected chi connectivity index (χ4v) is 1.46. The summed E-state index contributed by atoms with van der Waals surface area (Å²) in [5.41, 5.74) is 1.60. The number of alkyl halides is 1. The molecule has 1 rings (SSSR count). The molecule has 13 heavy (non-hydrogen) atoms. The average Bonchev–Trinajstić information content (AvgIpc) is 2.18. The predicted molar refractivity (Wildman–Crippen MR) is 54.7 cm³/mol. The van der Waals surface area contributed by atoms with Gasteiger partial charge in [0.2, 0.25) is 0 Å². The summed E-state index contributed by atoms with van der Waals surface area (Å²) in [7, 11) is 1.65. The Kier molecular flexibility index (Phi) is 4.53. The Morgan fingerprint density at radius 2 is 2.15 bits per heavy atom. The lowest BCUT2D eigenvalue weighted by molar-refractivity contribution is 0.184. The zero-order chi connectivity index (χ0) is 9.68. The van der Waals surface area contributed by atoms with Crippen LogP contribution >= 0.6 is 23.4 Å². The Hall–Kier alpha value is -0.280. The van der Waals surface area contributed by atoms with Gasteiger partial charge in [0.05, 0.1) is 6.61 Å². The van der Waals surface area contributed by atoms with Crippen molar-refractivity contribution in [3.05, 3.63) is 35.4 Å². The maximum absolute atomic E-state index is 5.93. The van der Waals surface area contributed by atoms with E-state index in [0.717, 1.165) is 11.1 Å². The highest BCUT2D eigenvalue weighted by atomic mass is 35.5. The number of benzene rings is 1. The van der Waals surface area contributed by atoms with Crippen molar-refractivity contribution in [1.82, 2.24) is 4.84 Å². The normalized spacial score (nSPS) is 12.8. The smallest absolute Gasteiger partial charge is 0.122 e. The zero-order valence-corrected chi connectivity index (χ0v) is 8.77. The van der Waals surface area contributed by atoms with Crippen molar-refractivity contribution >= 4 is 23.4 Å². The van der Waals surface area contributed by atoms with Gasteiger partial charge in [-0.3, -0.25) is 0 Å². The largest absolute Gasteiger partial charge is 0.380 e. The molecule has 0 aromatic heterocycles. The van der Waals surface area contributed by atoms with E-state index in [1.165, 1.54) is 0 Å². The third-order valence-electron chi connectivity index (χ3n) is 1.72. The minimum Gasteiger partial charge on any atom is -0.380 e. The van der Waals surface area contributed by atoms with Gasteiger partial charge in [-0.25, -0.2) is 4.84 Å². The molecule has 0 aliphatic carbocycles. The van der Waals surface area contributed by atoms with Gasteiger partial charge in [-0.2, -0.15) is 0 Å². The van der Waals surface area contributed by atoms with E-state index in [1.54, 1.807) is 7.11 Å². The van der Waals surface area contributed by atoms with Crippen LogP contribution in [0.2, 0.25) is 0 Å². The second kappa shape index (κ2) is 5.45. The summed E-state index contributed by atoms with van der Waals surface area (Å²) in [6.07, 6.45) is 0. The van der Waals surface area contributed by atoms with Crippen LogP contribution < -0.4 is 4.84 Å². The lowest BCUT2D eigenvalue weighted by Gasteiger charge is -2.11. The molecule has 0 amide bonds. The molecule has 72 valence electrons. The molecule has 0 saturated heterocycles. The van der Waals surface area contributed by atoms with Gasteiger partial charge in [0.15, 0.2) is 0 Å². The number of halogens is 2. The van der Waals surface area contributed by atoms with Crippen molar-refractivity contribution < 1.29 is 4.74 Å². The Morgan fingerprint density at radius 1 is 1.46 bits per heavy atom. The second-order valence-corrected chi connectivity index (χ2v) is 3.26. The SMILES string of the molecule is COCc1ccccc1C(Cl)NCl. The van der Waals surface area contributed by atoms with Crippen molar-refractivity contribution in [2.75, 3.05) is 7.11 Å². The highest BCUT2D eigenvalue weighted by molar-refractivity contribution is 6.25. The van der Waals surface area contributed by atoms with Crippen LogP contribution in [0.1, 0.15) is 16.6 Å². The molecule has 4 heteroatoms. The maximum Gasteiger partial charge on any atom is 0.122 e. The third-order valence-corrected chi connectivity index (χ3v) is 2.40. The minimum atomic E-state index is -0.381. The average molecular weight is 220 g/mol. The van der Waals surface area contributed by atoms with Gasteiger partial charge in [-0.15, -0.1) is 0 Å². The van der Waals surface area contributed by atoms with Crippen LogP contribution in [0.4, 0.5) is 0 Å². The van der Waals surface area contributed by atoms with Gasteiger partial charge in [-0.1, -0.05) is 35.9 Å². The van der Waals surface area contributed by atoms with E-state index in [4.69, 9.17) is 28.1 Å². The van der Waals surface area contributed by atoms with Crippen LogP contribution in [0.25, 0.3) is 0 Å². The molecule has 1 aromatic carbocycles. The van der Waals surface area contributed by atoms with Crippen LogP contribution in [0.3, 0.4) is 0 Å². The van der Waals surface area contributed by atoms with Crippen molar-refractivity contribution in [1.29, 1.82) is 0 Å². The fourth-order valence-electron chi connectivity index (χ4n) is 1.13.